The van der Waals surface area contributed by atoms with Crippen LogP contribution >= 0.6 is 0 Å². The molecule has 1 atom stereocenters. The van der Waals surface area contributed by atoms with E-state index in [0.717, 1.165) is 23.1 Å². The van der Waals surface area contributed by atoms with Gasteiger partial charge in [-0.05, 0) is 78.3 Å². The zero-order chi connectivity index (χ0) is 28.5. The molecule has 1 fully saturated rings. The van der Waals surface area contributed by atoms with Crippen LogP contribution in [0.1, 0.15) is 68.5 Å². The molecule has 1 amide bonds. The summed E-state index contributed by atoms with van der Waals surface area (Å²) in [6.45, 7) is 12.5. The van der Waals surface area contributed by atoms with Crippen molar-refractivity contribution in [1.29, 1.82) is 0 Å². The molecule has 1 aliphatic heterocycles. The predicted molar refractivity (Wildman–Crippen MR) is 155 cm³/mol. The van der Waals surface area contributed by atoms with Crippen molar-refractivity contribution in [1.82, 2.24) is 0 Å². The molecule has 204 valence electrons. The van der Waals surface area contributed by atoms with Crippen LogP contribution in [0, 0.1) is 6.92 Å². The highest BCUT2D eigenvalue weighted by Crippen LogP contribution is 2.44. The molecule has 4 rings (SSSR count). The molecule has 1 aliphatic rings. The SMILES string of the molecule is CCOc1cc(C2/C(=C(\O)c3cc(C(C)(C)C)ccc3C)C(=O)C(=O)N2c2ccc(CC)cc2)ccc1OC. The first-order chi connectivity index (χ1) is 18.5. The topological polar surface area (TPSA) is 76.1 Å². The van der Waals surface area contributed by atoms with Gasteiger partial charge in [0.25, 0.3) is 11.7 Å². The lowest BCUT2D eigenvalue weighted by Gasteiger charge is -2.26. The molecule has 6 nitrogen and oxygen atoms in total. The molecular weight excluding hydrogens is 490 g/mol. The first-order valence-electron chi connectivity index (χ1n) is 13.3. The standard InChI is InChI=1S/C33H37NO5/c1-8-21-11-15-24(16-12-21)34-29(22-13-17-26(38-7)27(18-22)39-9-2)28(31(36)32(34)37)30(35)25-19-23(33(4,5)6)14-10-20(25)3/h10-19,29,35H,8-9H2,1-7H3/b30-28+. The number of aryl methyl sites for hydroxylation is 2. The average Bonchev–Trinajstić information content (AvgIpc) is 3.18. The number of aliphatic hydroxyl groups is 1. The van der Waals surface area contributed by atoms with Gasteiger partial charge >= 0.3 is 0 Å². The Morgan fingerprint density at radius 1 is 0.949 bits per heavy atom. The number of anilines is 1. The Morgan fingerprint density at radius 2 is 1.64 bits per heavy atom. The van der Waals surface area contributed by atoms with E-state index in [0.29, 0.717) is 34.9 Å². The number of hydrogen-bond acceptors (Lipinski definition) is 5. The summed E-state index contributed by atoms with van der Waals surface area (Å²) in [5, 5.41) is 11.8. The normalized spacial score (nSPS) is 17.0. The minimum Gasteiger partial charge on any atom is -0.507 e. The summed E-state index contributed by atoms with van der Waals surface area (Å²) >= 11 is 0. The van der Waals surface area contributed by atoms with Gasteiger partial charge in [-0.3, -0.25) is 14.5 Å². The van der Waals surface area contributed by atoms with Gasteiger partial charge in [0.1, 0.15) is 5.76 Å². The second-order valence-corrected chi connectivity index (χ2v) is 10.8. The number of amides is 1. The number of hydrogen-bond donors (Lipinski definition) is 1. The highest BCUT2D eigenvalue weighted by molar-refractivity contribution is 6.51. The maximum absolute atomic E-state index is 13.7. The first kappa shape index (κ1) is 28.0. The summed E-state index contributed by atoms with van der Waals surface area (Å²) in [5.74, 6) is -0.576. The van der Waals surface area contributed by atoms with Crippen LogP contribution in [0.2, 0.25) is 0 Å². The van der Waals surface area contributed by atoms with Crippen LogP contribution in [0.5, 0.6) is 11.5 Å². The minimum absolute atomic E-state index is 0.0429. The number of aliphatic hydroxyl groups excluding tert-OH is 1. The molecule has 1 saturated heterocycles. The van der Waals surface area contributed by atoms with Crippen LogP contribution in [-0.4, -0.2) is 30.5 Å². The molecule has 0 saturated carbocycles. The van der Waals surface area contributed by atoms with Gasteiger partial charge in [0.05, 0.1) is 25.3 Å². The quantitative estimate of drug-likeness (QED) is 0.206. The predicted octanol–water partition coefficient (Wildman–Crippen LogP) is 6.89. The Labute approximate surface area is 230 Å². The van der Waals surface area contributed by atoms with Gasteiger partial charge in [0.15, 0.2) is 11.5 Å². The molecule has 3 aromatic rings. The minimum atomic E-state index is -0.861. The van der Waals surface area contributed by atoms with Gasteiger partial charge in [0, 0.05) is 11.3 Å². The summed E-state index contributed by atoms with van der Waals surface area (Å²) in [6, 6.07) is 17.9. The van der Waals surface area contributed by atoms with E-state index >= 15 is 0 Å². The van der Waals surface area contributed by atoms with E-state index in [4.69, 9.17) is 9.47 Å². The van der Waals surface area contributed by atoms with Crippen LogP contribution in [0.25, 0.3) is 5.76 Å². The van der Waals surface area contributed by atoms with Gasteiger partial charge in [-0.2, -0.15) is 0 Å². The van der Waals surface area contributed by atoms with Crippen LogP contribution in [0.4, 0.5) is 5.69 Å². The molecule has 1 N–H and O–H groups in total. The van der Waals surface area contributed by atoms with E-state index < -0.39 is 17.7 Å². The van der Waals surface area contributed by atoms with E-state index in [-0.39, 0.29) is 16.7 Å². The van der Waals surface area contributed by atoms with Crippen molar-refractivity contribution in [3.63, 3.8) is 0 Å². The number of ether oxygens (including phenoxy) is 2. The highest BCUT2D eigenvalue weighted by atomic mass is 16.5. The summed E-state index contributed by atoms with van der Waals surface area (Å²) in [5.41, 5.74) is 4.55. The first-order valence-corrected chi connectivity index (χ1v) is 13.3. The second kappa shape index (κ2) is 11.0. The van der Waals surface area contributed by atoms with Crippen molar-refractivity contribution in [2.45, 2.75) is 59.4 Å². The maximum atomic E-state index is 13.7. The summed E-state index contributed by atoms with van der Waals surface area (Å²) in [4.78, 5) is 28.7. The Kier molecular flexibility index (Phi) is 7.86. The summed E-state index contributed by atoms with van der Waals surface area (Å²) in [6.07, 6.45) is 0.849. The number of Topliss-reactive ketones (excluding diaryl/α,β-unsaturated/α-hetero) is 1. The number of rotatable bonds is 7. The number of carbonyl (C=O) groups is 2. The lowest BCUT2D eigenvalue weighted by atomic mass is 9.84. The van der Waals surface area contributed by atoms with Crippen molar-refractivity contribution in [3.05, 3.63) is 94.1 Å². The van der Waals surface area contributed by atoms with Gasteiger partial charge < -0.3 is 14.6 Å². The Hall–Kier alpha value is -4.06. The van der Waals surface area contributed by atoms with Gasteiger partial charge in [0.2, 0.25) is 0 Å². The number of nitrogens with zero attached hydrogens (tertiary/aromatic N) is 1. The van der Waals surface area contributed by atoms with Crippen LogP contribution in [-0.2, 0) is 21.4 Å². The third-order valence-corrected chi connectivity index (χ3v) is 7.23. The average molecular weight is 528 g/mol. The molecule has 1 heterocycles. The lowest BCUT2D eigenvalue weighted by Crippen LogP contribution is -2.29. The van der Waals surface area contributed by atoms with E-state index in [1.165, 1.54) is 4.90 Å². The second-order valence-electron chi connectivity index (χ2n) is 10.8. The summed E-state index contributed by atoms with van der Waals surface area (Å²) < 4.78 is 11.3. The number of benzene rings is 3. The van der Waals surface area contributed by atoms with E-state index in [2.05, 4.69) is 27.7 Å². The van der Waals surface area contributed by atoms with Crippen molar-refractivity contribution in [3.8, 4) is 11.5 Å². The Balaban J connectivity index is 1.99. The fourth-order valence-corrected chi connectivity index (χ4v) is 4.93. The van der Waals surface area contributed by atoms with Gasteiger partial charge in [-0.1, -0.05) is 58.0 Å². The van der Waals surface area contributed by atoms with Crippen molar-refractivity contribution >= 4 is 23.1 Å². The van der Waals surface area contributed by atoms with Crippen LogP contribution in [0.15, 0.2) is 66.2 Å². The van der Waals surface area contributed by atoms with Gasteiger partial charge in [-0.15, -0.1) is 0 Å². The molecule has 0 radical (unpaired) electrons. The monoisotopic (exact) mass is 527 g/mol. The van der Waals surface area contributed by atoms with Crippen molar-refractivity contribution < 1.29 is 24.2 Å². The highest BCUT2D eigenvalue weighted by Gasteiger charge is 2.47. The third kappa shape index (κ3) is 5.29. The molecule has 0 aromatic heterocycles. The fourth-order valence-electron chi connectivity index (χ4n) is 4.93. The molecule has 0 spiro atoms. The van der Waals surface area contributed by atoms with E-state index in [9.17, 15) is 14.7 Å². The van der Waals surface area contributed by atoms with E-state index in [1.54, 1.807) is 25.3 Å². The molecule has 3 aromatic carbocycles. The lowest BCUT2D eigenvalue weighted by molar-refractivity contribution is -0.132. The van der Waals surface area contributed by atoms with Crippen LogP contribution in [0.3, 0.4) is 0 Å². The zero-order valence-corrected chi connectivity index (χ0v) is 23.8. The number of carbonyl (C=O) groups excluding carboxylic acids is 2. The molecule has 39 heavy (non-hydrogen) atoms. The molecular formula is C33H37NO5. The molecule has 6 heteroatoms. The van der Waals surface area contributed by atoms with Crippen molar-refractivity contribution in [2.75, 3.05) is 18.6 Å². The smallest absolute Gasteiger partial charge is 0.300 e. The van der Waals surface area contributed by atoms with E-state index in [1.807, 2.05) is 56.3 Å². The maximum Gasteiger partial charge on any atom is 0.300 e. The Bertz CT molecular complexity index is 1430. The zero-order valence-electron chi connectivity index (χ0n) is 23.8. The third-order valence-electron chi connectivity index (χ3n) is 7.23. The molecule has 0 aliphatic carbocycles. The Morgan fingerprint density at radius 3 is 2.23 bits per heavy atom. The van der Waals surface area contributed by atoms with Crippen molar-refractivity contribution in [2.24, 2.45) is 0 Å². The fraction of sp³-hybridized carbons (Fsp3) is 0.333. The summed E-state index contributed by atoms with van der Waals surface area (Å²) in [7, 11) is 1.56. The largest absolute Gasteiger partial charge is 0.507 e. The number of ketones is 1. The van der Waals surface area contributed by atoms with Crippen LogP contribution < -0.4 is 14.4 Å². The van der Waals surface area contributed by atoms with Gasteiger partial charge in [-0.25, -0.2) is 0 Å². The number of methoxy groups -OCH3 is 1. The molecule has 0 bridgehead atoms. The molecule has 1 unspecified atom stereocenters.